The summed E-state index contributed by atoms with van der Waals surface area (Å²) in [6.45, 7) is 0.902. The van der Waals surface area contributed by atoms with Crippen molar-refractivity contribution in [2.24, 2.45) is 0 Å². The third-order valence-electron chi connectivity index (χ3n) is 3.28. The van der Waals surface area contributed by atoms with Crippen LogP contribution in [0.15, 0.2) is 78.9 Å². The van der Waals surface area contributed by atoms with Crippen LogP contribution in [0.2, 0.25) is 0 Å². The molecular weight excluding hydrogens is 302 g/mol. The van der Waals surface area contributed by atoms with Gasteiger partial charge in [-0.3, -0.25) is 0 Å². The fourth-order valence-corrected chi connectivity index (χ4v) is 2.15. The van der Waals surface area contributed by atoms with Crippen molar-refractivity contribution in [1.29, 1.82) is 0 Å². The topological polar surface area (TPSA) is 53.7 Å². The lowest BCUT2D eigenvalue weighted by Crippen LogP contribution is -2.09. The molecule has 3 aromatic rings. The highest BCUT2D eigenvalue weighted by atomic mass is 16.5. The number of nitrogens with two attached hydrogens (primary N) is 1. The summed E-state index contributed by atoms with van der Waals surface area (Å²) in [4.78, 5) is 0. The van der Waals surface area contributed by atoms with Crippen molar-refractivity contribution in [3.63, 3.8) is 0 Å². The first-order valence-corrected chi connectivity index (χ1v) is 7.74. The van der Waals surface area contributed by atoms with Crippen LogP contribution in [0.25, 0.3) is 0 Å². The number of benzene rings is 3. The van der Waals surface area contributed by atoms with Crippen LogP contribution in [-0.2, 0) is 0 Å². The molecule has 122 valence electrons. The number of ether oxygens (including phenoxy) is 3. The van der Waals surface area contributed by atoms with Gasteiger partial charge in [0.1, 0.15) is 36.2 Å². The number of para-hydroxylation sites is 1. The molecule has 0 saturated carbocycles. The van der Waals surface area contributed by atoms with Crippen LogP contribution in [0.3, 0.4) is 0 Å². The first-order valence-electron chi connectivity index (χ1n) is 7.74. The first-order chi connectivity index (χ1) is 11.8. The van der Waals surface area contributed by atoms with E-state index < -0.39 is 0 Å². The van der Waals surface area contributed by atoms with Gasteiger partial charge in [-0.1, -0.05) is 24.3 Å². The van der Waals surface area contributed by atoms with Crippen LogP contribution in [0.4, 0.5) is 5.69 Å². The molecule has 0 aliphatic heterocycles. The Kier molecular flexibility index (Phi) is 5.20. The molecule has 0 atom stereocenters. The summed E-state index contributed by atoms with van der Waals surface area (Å²) >= 11 is 0. The van der Waals surface area contributed by atoms with Crippen LogP contribution >= 0.6 is 0 Å². The quantitative estimate of drug-likeness (QED) is 0.513. The molecule has 0 aliphatic carbocycles. The van der Waals surface area contributed by atoms with Gasteiger partial charge in [-0.2, -0.15) is 0 Å². The summed E-state index contributed by atoms with van der Waals surface area (Å²) < 4.78 is 17.0. The summed E-state index contributed by atoms with van der Waals surface area (Å²) in [5.74, 6) is 3.09. The highest BCUT2D eigenvalue weighted by molar-refractivity contribution is 5.43. The van der Waals surface area contributed by atoms with Crippen LogP contribution in [0.5, 0.6) is 23.0 Å². The minimum absolute atomic E-state index is 0.450. The van der Waals surface area contributed by atoms with E-state index >= 15 is 0 Å². The Bertz CT molecular complexity index is 757. The lowest BCUT2D eigenvalue weighted by atomic mass is 10.3. The molecule has 0 amide bonds. The van der Waals surface area contributed by atoms with E-state index in [-0.39, 0.29) is 0 Å². The maximum Gasteiger partial charge on any atom is 0.127 e. The van der Waals surface area contributed by atoms with Gasteiger partial charge in [0.05, 0.1) is 0 Å². The van der Waals surface area contributed by atoms with E-state index in [4.69, 9.17) is 19.9 Å². The molecule has 24 heavy (non-hydrogen) atoms. The standard InChI is InChI=1S/C20H19NO3/c21-16-5-4-8-20(15-16)23-14-13-22-17-9-11-19(12-10-17)24-18-6-2-1-3-7-18/h1-12,15H,13-14,21H2. The van der Waals surface area contributed by atoms with E-state index in [1.807, 2.05) is 72.8 Å². The minimum Gasteiger partial charge on any atom is -0.490 e. The summed E-state index contributed by atoms with van der Waals surface area (Å²) in [5, 5.41) is 0. The largest absolute Gasteiger partial charge is 0.490 e. The van der Waals surface area contributed by atoms with E-state index in [0.29, 0.717) is 18.9 Å². The highest BCUT2D eigenvalue weighted by Crippen LogP contribution is 2.23. The zero-order chi connectivity index (χ0) is 16.6. The molecular formula is C20H19NO3. The number of rotatable bonds is 7. The normalized spacial score (nSPS) is 10.2. The van der Waals surface area contributed by atoms with Crippen molar-refractivity contribution in [2.45, 2.75) is 0 Å². The average molecular weight is 321 g/mol. The van der Waals surface area contributed by atoms with Crippen molar-refractivity contribution in [3.05, 3.63) is 78.9 Å². The van der Waals surface area contributed by atoms with Crippen molar-refractivity contribution < 1.29 is 14.2 Å². The van der Waals surface area contributed by atoms with E-state index in [0.717, 1.165) is 23.0 Å². The predicted octanol–water partition coefficient (Wildman–Crippen LogP) is 4.52. The SMILES string of the molecule is Nc1cccc(OCCOc2ccc(Oc3ccccc3)cc2)c1. The lowest BCUT2D eigenvalue weighted by molar-refractivity contribution is 0.217. The van der Waals surface area contributed by atoms with E-state index in [9.17, 15) is 0 Å². The van der Waals surface area contributed by atoms with E-state index in [2.05, 4.69) is 0 Å². The Labute approximate surface area is 141 Å². The second-order valence-electron chi connectivity index (χ2n) is 5.16. The zero-order valence-electron chi connectivity index (χ0n) is 13.2. The number of nitrogen functional groups attached to an aromatic ring is 1. The molecule has 0 aromatic heterocycles. The molecule has 0 radical (unpaired) electrons. The molecule has 3 rings (SSSR count). The van der Waals surface area contributed by atoms with Crippen LogP contribution < -0.4 is 19.9 Å². The Balaban J connectivity index is 1.44. The molecule has 0 heterocycles. The average Bonchev–Trinajstić information content (AvgIpc) is 2.61. The van der Waals surface area contributed by atoms with Crippen molar-refractivity contribution in [1.82, 2.24) is 0 Å². The molecule has 3 aromatic carbocycles. The second-order valence-corrected chi connectivity index (χ2v) is 5.16. The summed E-state index contributed by atoms with van der Waals surface area (Å²) in [5.41, 5.74) is 6.38. The predicted molar refractivity (Wildman–Crippen MR) is 94.8 cm³/mol. The molecule has 4 heteroatoms. The van der Waals surface area contributed by atoms with Gasteiger partial charge in [0.25, 0.3) is 0 Å². The third kappa shape index (κ3) is 4.68. The van der Waals surface area contributed by atoms with E-state index in [1.54, 1.807) is 6.07 Å². The van der Waals surface area contributed by atoms with Gasteiger partial charge in [0.15, 0.2) is 0 Å². The maximum absolute atomic E-state index is 5.74. The fraction of sp³-hybridized carbons (Fsp3) is 0.100. The Morgan fingerprint density at radius 1 is 0.583 bits per heavy atom. The van der Waals surface area contributed by atoms with Gasteiger partial charge in [-0.25, -0.2) is 0 Å². The molecule has 0 spiro atoms. The molecule has 2 N–H and O–H groups in total. The molecule has 0 bridgehead atoms. The van der Waals surface area contributed by atoms with Crippen LogP contribution in [0.1, 0.15) is 0 Å². The summed E-state index contributed by atoms with van der Waals surface area (Å²) in [6, 6.07) is 24.5. The molecule has 0 unspecified atom stereocenters. The zero-order valence-corrected chi connectivity index (χ0v) is 13.2. The van der Waals surface area contributed by atoms with Crippen LogP contribution in [-0.4, -0.2) is 13.2 Å². The van der Waals surface area contributed by atoms with Gasteiger partial charge in [-0.15, -0.1) is 0 Å². The maximum atomic E-state index is 5.74. The van der Waals surface area contributed by atoms with E-state index in [1.165, 1.54) is 0 Å². The lowest BCUT2D eigenvalue weighted by Gasteiger charge is -2.10. The van der Waals surface area contributed by atoms with Crippen molar-refractivity contribution in [2.75, 3.05) is 18.9 Å². The Morgan fingerprint density at radius 2 is 1.17 bits per heavy atom. The smallest absolute Gasteiger partial charge is 0.127 e. The molecule has 0 fully saturated rings. The van der Waals surface area contributed by atoms with Gasteiger partial charge in [-0.05, 0) is 48.5 Å². The van der Waals surface area contributed by atoms with Gasteiger partial charge in [0, 0.05) is 11.8 Å². The van der Waals surface area contributed by atoms with Gasteiger partial charge < -0.3 is 19.9 Å². The van der Waals surface area contributed by atoms with Gasteiger partial charge in [0.2, 0.25) is 0 Å². The summed E-state index contributed by atoms with van der Waals surface area (Å²) in [7, 11) is 0. The van der Waals surface area contributed by atoms with Crippen molar-refractivity contribution in [3.8, 4) is 23.0 Å². The minimum atomic E-state index is 0.450. The van der Waals surface area contributed by atoms with Crippen LogP contribution in [0, 0.1) is 0 Å². The number of hydrogen-bond donors (Lipinski definition) is 1. The molecule has 0 aliphatic rings. The highest BCUT2D eigenvalue weighted by Gasteiger charge is 1.99. The first kappa shape index (κ1) is 15.7. The summed E-state index contributed by atoms with van der Waals surface area (Å²) in [6.07, 6.45) is 0. The second kappa shape index (κ2) is 7.92. The number of hydrogen-bond acceptors (Lipinski definition) is 4. The Morgan fingerprint density at radius 3 is 1.88 bits per heavy atom. The molecule has 0 saturated heterocycles. The fourth-order valence-electron chi connectivity index (χ4n) is 2.15. The third-order valence-corrected chi connectivity index (χ3v) is 3.28. The monoisotopic (exact) mass is 321 g/mol. The van der Waals surface area contributed by atoms with Crippen molar-refractivity contribution >= 4 is 5.69 Å². The number of anilines is 1. The van der Waals surface area contributed by atoms with Gasteiger partial charge >= 0.3 is 0 Å². The molecule has 4 nitrogen and oxygen atoms in total. The Hall–Kier alpha value is -3.14.